The number of hydrogen-bond acceptors (Lipinski definition) is 2. The second-order valence-corrected chi connectivity index (χ2v) is 5.33. The molecule has 0 spiro atoms. The Hall–Kier alpha value is 0.370. The van der Waals surface area contributed by atoms with E-state index in [-0.39, 0.29) is 16.5 Å². The molecular formula is C7H7Cl4O2-. The van der Waals surface area contributed by atoms with Crippen LogP contribution in [-0.4, -0.2) is 9.76 Å². The maximum atomic E-state index is 10.6. The molecule has 6 heteroatoms. The van der Waals surface area contributed by atoms with Crippen molar-refractivity contribution in [3.8, 4) is 0 Å². The summed E-state index contributed by atoms with van der Waals surface area (Å²) in [6, 6.07) is 0. The number of carboxylic acid groups (broad SMARTS) is 1. The molecule has 0 unspecified atom stereocenters. The Morgan fingerprint density at radius 1 is 1.31 bits per heavy atom. The summed E-state index contributed by atoms with van der Waals surface area (Å²) in [7, 11) is 0. The molecule has 0 heterocycles. The normalized spacial score (nSPS) is 14.4. The predicted octanol–water partition coefficient (Wildman–Crippen LogP) is 2.26. The lowest BCUT2D eigenvalue weighted by molar-refractivity contribution is -0.299. The maximum Gasteiger partial charge on any atom is 0.226 e. The van der Waals surface area contributed by atoms with E-state index in [0.29, 0.717) is 0 Å². The van der Waals surface area contributed by atoms with E-state index in [4.69, 9.17) is 46.4 Å². The maximum absolute atomic E-state index is 10.6. The third-order valence-corrected chi connectivity index (χ3v) is 2.63. The minimum atomic E-state index is -1.92. The fraction of sp³-hybridized carbons (Fsp3) is 0.571. The largest absolute Gasteiger partial charge is 0.545 e. The molecule has 0 atom stereocenters. The molecule has 0 fully saturated rings. The Balaban J connectivity index is 5.23. The van der Waals surface area contributed by atoms with Crippen molar-refractivity contribution < 1.29 is 9.90 Å². The minimum Gasteiger partial charge on any atom is -0.545 e. The molecule has 0 N–H and O–H groups in total. The number of carbonyl (C=O) groups is 1. The molecule has 0 bridgehead atoms. The average Bonchev–Trinajstić information content (AvgIpc) is 1.82. The first-order valence-corrected chi connectivity index (χ1v) is 4.87. The van der Waals surface area contributed by atoms with E-state index >= 15 is 0 Å². The van der Waals surface area contributed by atoms with Gasteiger partial charge in [0, 0.05) is 0 Å². The lowest BCUT2D eigenvalue weighted by Gasteiger charge is -2.19. The molecule has 13 heavy (non-hydrogen) atoms. The fourth-order valence-electron chi connectivity index (χ4n) is 0.731. The molecule has 2 nitrogen and oxygen atoms in total. The zero-order chi connectivity index (χ0) is 10.8. The highest BCUT2D eigenvalue weighted by Gasteiger charge is 2.29. The summed E-state index contributed by atoms with van der Waals surface area (Å²) < 4.78 is -1.92. The number of aliphatic carboxylic acids is 1. The van der Waals surface area contributed by atoms with Crippen molar-refractivity contribution in [1.29, 1.82) is 0 Å². The molecule has 0 aromatic rings. The van der Waals surface area contributed by atoms with Gasteiger partial charge in [-0.3, -0.25) is 0 Å². The summed E-state index contributed by atoms with van der Waals surface area (Å²) in [5.74, 6) is -1.79. The van der Waals surface area contributed by atoms with E-state index in [2.05, 4.69) is 0 Å². The van der Waals surface area contributed by atoms with Gasteiger partial charge in [0.05, 0.1) is 11.0 Å². The quantitative estimate of drug-likeness (QED) is 0.567. The Morgan fingerprint density at radius 2 is 1.69 bits per heavy atom. The number of allylic oxidation sites excluding steroid dienone is 1. The van der Waals surface area contributed by atoms with Crippen LogP contribution >= 0.6 is 46.4 Å². The van der Waals surface area contributed by atoms with E-state index < -0.39 is 9.76 Å². The van der Waals surface area contributed by atoms with Crippen LogP contribution in [0.5, 0.6) is 0 Å². The van der Waals surface area contributed by atoms with E-state index in [1.165, 1.54) is 0 Å². The van der Waals surface area contributed by atoms with E-state index in [1.807, 2.05) is 0 Å². The third-order valence-electron chi connectivity index (χ3n) is 1.28. The molecule has 76 valence electrons. The zero-order valence-electron chi connectivity index (χ0n) is 6.91. The highest BCUT2D eigenvalue weighted by Crippen LogP contribution is 2.40. The second-order valence-electron chi connectivity index (χ2n) is 2.67. The number of halogens is 4. The Bertz CT molecular complexity index is 239. The van der Waals surface area contributed by atoms with E-state index in [9.17, 15) is 9.90 Å². The minimum absolute atomic E-state index is 0.193. The smallest absolute Gasteiger partial charge is 0.226 e. The van der Waals surface area contributed by atoms with Gasteiger partial charge >= 0.3 is 0 Å². The molecule has 0 saturated heterocycles. The van der Waals surface area contributed by atoms with Crippen molar-refractivity contribution >= 4 is 52.4 Å². The molecule has 0 aliphatic heterocycles. The molecule has 0 rings (SSSR count). The Labute approximate surface area is 96.4 Å². The summed E-state index contributed by atoms with van der Waals surface area (Å²) in [6.45, 7) is 3.23. The van der Waals surface area contributed by atoms with Crippen LogP contribution in [0.1, 0.15) is 13.8 Å². The first-order chi connectivity index (χ1) is 5.68. The van der Waals surface area contributed by atoms with Crippen molar-refractivity contribution in [2.24, 2.45) is 5.92 Å². The molecular weight excluding hydrogens is 258 g/mol. The topological polar surface area (TPSA) is 40.1 Å². The van der Waals surface area contributed by atoms with Crippen molar-refractivity contribution in [2.75, 3.05) is 0 Å². The van der Waals surface area contributed by atoms with Crippen LogP contribution in [0.2, 0.25) is 0 Å². The highest BCUT2D eigenvalue weighted by atomic mass is 35.6. The summed E-state index contributed by atoms with van der Waals surface area (Å²) in [5, 5.41) is 10.3. The first kappa shape index (κ1) is 13.4. The number of hydrogen-bond donors (Lipinski definition) is 0. The summed E-state index contributed by atoms with van der Waals surface area (Å²) in [5.41, 5.74) is -0.193. The Kier molecular flexibility index (Phi) is 4.87. The molecule has 0 radical (unpaired) electrons. The molecule has 0 saturated carbocycles. The van der Waals surface area contributed by atoms with Gasteiger partial charge in [0.25, 0.3) is 0 Å². The van der Waals surface area contributed by atoms with Crippen molar-refractivity contribution in [3.63, 3.8) is 0 Å². The Morgan fingerprint density at radius 3 is 1.77 bits per heavy atom. The lowest BCUT2D eigenvalue weighted by Crippen LogP contribution is -2.29. The van der Waals surface area contributed by atoms with Gasteiger partial charge in [-0.1, -0.05) is 60.3 Å². The van der Waals surface area contributed by atoms with Crippen LogP contribution in [0, 0.1) is 5.92 Å². The van der Waals surface area contributed by atoms with Gasteiger partial charge < -0.3 is 9.90 Å². The van der Waals surface area contributed by atoms with Gasteiger partial charge in [0.2, 0.25) is 3.79 Å². The molecule has 0 aliphatic rings. The van der Waals surface area contributed by atoms with Crippen LogP contribution in [0.15, 0.2) is 10.6 Å². The van der Waals surface area contributed by atoms with Crippen LogP contribution in [-0.2, 0) is 4.79 Å². The van der Waals surface area contributed by atoms with Gasteiger partial charge in [-0.2, -0.15) is 0 Å². The van der Waals surface area contributed by atoms with Crippen molar-refractivity contribution in [2.45, 2.75) is 17.6 Å². The average molecular weight is 265 g/mol. The molecule has 0 aromatic heterocycles. The van der Waals surface area contributed by atoms with Crippen LogP contribution in [0.3, 0.4) is 0 Å². The van der Waals surface area contributed by atoms with E-state index in [1.54, 1.807) is 13.8 Å². The van der Waals surface area contributed by atoms with Gasteiger partial charge in [0.15, 0.2) is 0 Å². The molecule has 0 aliphatic carbocycles. The van der Waals surface area contributed by atoms with Gasteiger partial charge in [0.1, 0.15) is 0 Å². The standard InChI is InChI=1S/C7H8Cl4O2/c1-3(2)4(6(12)13)5(8)7(9,10)11/h3H,1-2H3,(H,12,13)/p-1/b5-4-. The van der Waals surface area contributed by atoms with Crippen molar-refractivity contribution in [1.82, 2.24) is 0 Å². The lowest BCUT2D eigenvalue weighted by atomic mass is 10.0. The second kappa shape index (κ2) is 4.74. The first-order valence-electron chi connectivity index (χ1n) is 3.36. The van der Waals surface area contributed by atoms with Gasteiger partial charge in [-0.15, -0.1) is 0 Å². The predicted molar refractivity (Wildman–Crippen MR) is 53.0 cm³/mol. The summed E-state index contributed by atoms with van der Waals surface area (Å²) >= 11 is 21.8. The summed E-state index contributed by atoms with van der Waals surface area (Å²) in [6.07, 6.45) is 0. The molecule has 0 amide bonds. The summed E-state index contributed by atoms with van der Waals surface area (Å²) in [4.78, 5) is 10.6. The zero-order valence-corrected chi connectivity index (χ0v) is 9.93. The monoisotopic (exact) mass is 263 g/mol. The van der Waals surface area contributed by atoms with Crippen molar-refractivity contribution in [3.05, 3.63) is 10.6 Å². The number of carboxylic acids is 1. The van der Waals surface area contributed by atoms with Crippen LogP contribution in [0.4, 0.5) is 0 Å². The van der Waals surface area contributed by atoms with Gasteiger partial charge in [-0.05, 0) is 11.5 Å². The fourth-order valence-corrected chi connectivity index (χ4v) is 1.33. The number of rotatable bonds is 2. The SMILES string of the molecule is CC(C)/C(C(=O)[O-])=C(/Cl)C(Cl)(Cl)Cl. The third kappa shape index (κ3) is 3.94. The van der Waals surface area contributed by atoms with Crippen LogP contribution in [0.25, 0.3) is 0 Å². The number of alkyl halides is 3. The van der Waals surface area contributed by atoms with Gasteiger partial charge in [-0.25, -0.2) is 0 Å². The highest BCUT2D eigenvalue weighted by molar-refractivity contribution is 6.73. The van der Waals surface area contributed by atoms with E-state index in [0.717, 1.165) is 0 Å². The van der Waals surface area contributed by atoms with Crippen LogP contribution < -0.4 is 5.11 Å². The molecule has 0 aromatic carbocycles. The number of carbonyl (C=O) groups excluding carboxylic acids is 1.